The molecule has 0 heterocycles. The van der Waals surface area contributed by atoms with Crippen molar-refractivity contribution in [2.75, 3.05) is 12.8 Å². The average Bonchev–Trinajstić information content (AvgIpc) is 2.41. The number of nitrogens with two attached hydrogens (primary N) is 1. The lowest BCUT2D eigenvalue weighted by Crippen LogP contribution is -2.07. The van der Waals surface area contributed by atoms with Crippen molar-refractivity contribution in [3.8, 4) is 5.75 Å². The van der Waals surface area contributed by atoms with Gasteiger partial charge in [-0.15, -0.1) is 0 Å². The van der Waals surface area contributed by atoms with Gasteiger partial charge in [0.25, 0.3) is 0 Å². The molecule has 3 N–H and O–H groups in total. The van der Waals surface area contributed by atoms with Crippen molar-refractivity contribution in [3.63, 3.8) is 0 Å². The summed E-state index contributed by atoms with van der Waals surface area (Å²) in [4.78, 5) is 0. The molecule has 5 heteroatoms. The predicted molar refractivity (Wildman–Crippen MR) is 75.6 cm³/mol. The number of aliphatic hydroxyl groups excluding tert-OH is 1. The molecule has 0 aromatic heterocycles. The van der Waals surface area contributed by atoms with Crippen molar-refractivity contribution < 1.29 is 14.2 Å². The number of nitrogen functional groups attached to an aromatic ring is 1. The second-order valence-corrected chi connectivity index (χ2v) is 4.95. The summed E-state index contributed by atoms with van der Waals surface area (Å²) in [6.45, 7) is 0. The van der Waals surface area contributed by atoms with E-state index in [9.17, 15) is 9.50 Å². The number of hydrogen-bond acceptors (Lipinski definition) is 3. The topological polar surface area (TPSA) is 55.5 Å². The molecule has 1 unspecified atom stereocenters. The summed E-state index contributed by atoms with van der Waals surface area (Å²) in [6.07, 6.45) is -1.15. The Labute approximate surface area is 118 Å². The summed E-state index contributed by atoms with van der Waals surface area (Å²) in [7, 11) is 1.49. The van der Waals surface area contributed by atoms with Gasteiger partial charge in [0.2, 0.25) is 0 Å². The smallest absolute Gasteiger partial charge is 0.142 e. The molecular formula is C14H13BrFNO2. The third-order valence-corrected chi connectivity index (χ3v) is 3.36. The third-order valence-electron chi connectivity index (χ3n) is 2.87. The van der Waals surface area contributed by atoms with Gasteiger partial charge in [0.15, 0.2) is 0 Å². The average molecular weight is 326 g/mol. The van der Waals surface area contributed by atoms with Gasteiger partial charge in [-0.3, -0.25) is 0 Å². The van der Waals surface area contributed by atoms with E-state index in [-0.39, 0.29) is 5.56 Å². The SMILES string of the molecule is COc1cccc(C(O)c2cc(Br)ccc2F)c1N. The molecule has 2 rings (SSSR count). The molecule has 100 valence electrons. The zero-order valence-electron chi connectivity index (χ0n) is 10.2. The maximum Gasteiger partial charge on any atom is 0.142 e. The summed E-state index contributed by atoms with van der Waals surface area (Å²) in [6, 6.07) is 9.41. The number of rotatable bonds is 3. The Morgan fingerprint density at radius 2 is 2.00 bits per heavy atom. The van der Waals surface area contributed by atoms with Crippen LogP contribution in [0, 0.1) is 5.82 Å². The Kier molecular flexibility index (Phi) is 4.07. The van der Waals surface area contributed by atoms with Crippen LogP contribution in [-0.2, 0) is 0 Å². The van der Waals surface area contributed by atoms with Crippen LogP contribution >= 0.6 is 15.9 Å². The standard InChI is InChI=1S/C14H13BrFNO2/c1-19-12-4-2-3-9(13(12)17)14(18)10-7-8(15)5-6-11(10)16/h2-7,14,18H,17H2,1H3. The Balaban J connectivity index is 2.50. The van der Waals surface area contributed by atoms with Crippen LogP contribution in [0.15, 0.2) is 40.9 Å². The van der Waals surface area contributed by atoms with Crippen molar-refractivity contribution in [1.82, 2.24) is 0 Å². The Hall–Kier alpha value is -1.59. The first-order valence-electron chi connectivity index (χ1n) is 5.60. The minimum Gasteiger partial charge on any atom is -0.495 e. The van der Waals surface area contributed by atoms with E-state index in [0.29, 0.717) is 21.5 Å². The van der Waals surface area contributed by atoms with Crippen LogP contribution in [-0.4, -0.2) is 12.2 Å². The number of hydrogen-bond donors (Lipinski definition) is 2. The largest absolute Gasteiger partial charge is 0.495 e. The monoisotopic (exact) mass is 325 g/mol. The highest BCUT2D eigenvalue weighted by Crippen LogP contribution is 2.34. The minimum atomic E-state index is -1.15. The molecule has 0 aliphatic heterocycles. The van der Waals surface area contributed by atoms with Gasteiger partial charge in [-0.1, -0.05) is 28.1 Å². The molecule has 2 aromatic carbocycles. The van der Waals surface area contributed by atoms with E-state index in [1.54, 1.807) is 24.3 Å². The minimum absolute atomic E-state index is 0.161. The van der Waals surface area contributed by atoms with E-state index >= 15 is 0 Å². The predicted octanol–water partition coefficient (Wildman–Crippen LogP) is 3.26. The Morgan fingerprint density at radius 3 is 2.68 bits per heavy atom. The van der Waals surface area contributed by atoms with Gasteiger partial charge in [0.1, 0.15) is 17.7 Å². The zero-order valence-corrected chi connectivity index (χ0v) is 11.8. The molecule has 0 spiro atoms. The van der Waals surface area contributed by atoms with Gasteiger partial charge in [-0.25, -0.2) is 4.39 Å². The summed E-state index contributed by atoms with van der Waals surface area (Å²) in [5, 5.41) is 10.3. The lowest BCUT2D eigenvalue weighted by molar-refractivity contribution is 0.215. The fraction of sp³-hybridized carbons (Fsp3) is 0.143. The molecule has 0 fully saturated rings. The van der Waals surface area contributed by atoms with Gasteiger partial charge in [-0.05, 0) is 24.3 Å². The quantitative estimate of drug-likeness (QED) is 0.851. The second-order valence-electron chi connectivity index (χ2n) is 4.03. The second kappa shape index (κ2) is 5.59. The first kappa shape index (κ1) is 13.8. The molecule has 2 aromatic rings. The van der Waals surface area contributed by atoms with Crippen molar-refractivity contribution in [2.45, 2.75) is 6.10 Å². The fourth-order valence-corrected chi connectivity index (χ4v) is 2.25. The van der Waals surface area contributed by atoms with Crippen LogP contribution in [0.25, 0.3) is 0 Å². The first-order valence-corrected chi connectivity index (χ1v) is 6.39. The van der Waals surface area contributed by atoms with Crippen molar-refractivity contribution >= 4 is 21.6 Å². The van der Waals surface area contributed by atoms with Gasteiger partial charge >= 0.3 is 0 Å². The molecule has 0 saturated heterocycles. The fourth-order valence-electron chi connectivity index (χ4n) is 1.87. The number of aliphatic hydroxyl groups is 1. The molecule has 0 saturated carbocycles. The summed E-state index contributed by atoms with van der Waals surface area (Å²) < 4.78 is 19.5. The first-order chi connectivity index (χ1) is 9.04. The maximum atomic E-state index is 13.8. The number of halogens is 2. The number of anilines is 1. The third kappa shape index (κ3) is 2.72. The van der Waals surface area contributed by atoms with E-state index < -0.39 is 11.9 Å². The highest BCUT2D eigenvalue weighted by Gasteiger charge is 2.19. The van der Waals surface area contributed by atoms with Crippen molar-refractivity contribution in [1.29, 1.82) is 0 Å². The molecule has 0 bridgehead atoms. The zero-order chi connectivity index (χ0) is 14.0. The van der Waals surface area contributed by atoms with Gasteiger partial charge < -0.3 is 15.6 Å². The molecule has 0 aliphatic carbocycles. The number of benzene rings is 2. The molecule has 3 nitrogen and oxygen atoms in total. The van der Waals surface area contributed by atoms with Crippen LogP contribution < -0.4 is 10.5 Å². The van der Waals surface area contributed by atoms with Crippen LogP contribution in [0.2, 0.25) is 0 Å². The van der Waals surface area contributed by atoms with Crippen LogP contribution in [0.5, 0.6) is 5.75 Å². The lowest BCUT2D eigenvalue weighted by atomic mass is 9.99. The normalized spacial score (nSPS) is 12.2. The van der Waals surface area contributed by atoms with E-state index in [1.165, 1.54) is 19.2 Å². The summed E-state index contributed by atoms with van der Waals surface area (Å²) in [5.74, 6) is -0.0372. The Bertz CT molecular complexity index is 604. The van der Waals surface area contributed by atoms with E-state index in [2.05, 4.69) is 15.9 Å². The Morgan fingerprint density at radius 1 is 1.26 bits per heavy atom. The highest BCUT2D eigenvalue weighted by molar-refractivity contribution is 9.10. The van der Waals surface area contributed by atoms with Crippen LogP contribution in [0.1, 0.15) is 17.2 Å². The lowest BCUT2D eigenvalue weighted by Gasteiger charge is -2.16. The molecule has 0 amide bonds. The maximum absolute atomic E-state index is 13.8. The van der Waals surface area contributed by atoms with Crippen LogP contribution in [0.4, 0.5) is 10.1 Å². The van der Waals surface area contributed by atoms with Gasteiger partial charge in [0, 0.05) is 15.6 Å². The summed E-state index contributed by atoms with van der Waals surface area (Å²) in [5.41, 5.74) is 6.78. The number of ether oxygens (including phenoxy) is 1. The molecule has 0 aliphatic rings. The van der Waals surface area contributed by atoms with E-state index in [0.717, 1.165) is 0 Å². The van der Waals surface area contributed by atoms with Crippen LogP contribution in [0.3, 0.4) is 0 Å². The number of para-hydroxylation sites is 1. The molecule has 0 radical (unpaired) electrons. The highest BCUT2D eigenvalue weighted by atomic mass is 79.9. The molecular weight excluding hydrogens is 313 g/mol. The van der Waals surface area contributed by atoms with Crippen molar-refractivity contribution in [3.05, 3.63) is 57.8 Å². The van der Waals surface area contributed by atoms with Gasteiger partial charge in [-0.2, -0.15) is 0 Å². The van der Waals surface area contributed by atoms with E-state index in [4.69, 9.17) is 10.5 Å². The van der Waals surface area contributed by atoms with E-state index in [1.807, 2.05) is 0 Å². The van der Waals surface area contributed by atoms with Gasteiger partial charge in [0.05, 0.1) is 12.8 Å². The summed E-state index contributed by atoms with van der Waals surface area (Å²) >= 11 is 3.25. The van der Waals surface area contributed by atoms with Crippen molar-refractivity contribution in [2.24, 2.45) is 0 Å². The molecule has 1 atom stereocenters. The number of methoxy groups -OCH3 is 1. The molecule has 19 heavy (non-hydrogen) atoms.